The number of nitrogens with zero attached hydrogens (tertiary/aromatic N) is 1. The van der Waals surface area contributed by atoms with E-state index in [-0.39, 0.29) is 0 Å². The van der Waals surface area contributed by atoms with E-state index in [1.54, 1.807) is 24.3 Å². The van der Waals surface area contributed by atoms with Crippen molar-refractivity contribution in [3.05, 3.63) is 70.6 Å². The monoisotopic (exact) mass is 247 g/mol. The average Bonchev–Trinajstić information content (AvgIpc) is 2.47. The summed E-state index contributed by atoms with van der Waals surface area (Å²) in [6.07, 6.45) is 0. The van der Waals surface area contributed by atoms with Crippen LogP contribution in [0.3, 0.4) is 0 Å². The van der Waals surface area contributed by atoms with E-state index in [0.29, 0.717) is 16.7 Å². The van der Waals surface area contributed by atoms with E-state index in [2.05, 4.69) is 0 Å². The van der Waals surface area contributed by atoms with Crippen LogP contribution in [0.4, 0.5) is 0 Å². The molecule has 0 saturated heterocycles. The molecule has 0 unspecified atom stereocenters. The fraction of sp³-hybridized carbons (Fsp3) is 0. The molecule has 0 bridgehead atoms. The maximum absolute atomic E-state index is 12.0. The lowest BCUT2D eigenvalue weighted by Crippen LogP contribution is -2.02. The molecule has 0 amide bonds. The first-order valence-corrected chi connectivity index (χ1v) is 5.81. The normalized spacial score (nSPS) is 10.3. The molecule has 1 heterocycles. The maximum Gasteiger partial charge on any atom is 0.344 e. The smallest absolute Gasteiger partial charge is 0.344 e. The molecule has 19 heavy (non-hydrogen) atoms. The minimum absolute atomic E-state index is 0.395. The van der Waals surface area contributed by atoms with Gasteiger partial charge in [-0.1, -0.05) is 30.3 Å². The molecule has 3 rings (SSSR count). The van der Waals surface area contributed by atoms with Crippen molar-refractivity contribution in [1.29, 1.82) is 5.26 Å². The first-order chi connectivity index (χ1) is 9.28. The molecule has 3 heteroatoms. The van der Waals surface area contributed by atoms with Crippen LogP contribution in [0.5, 0.6) is 0 Å². The molecule has 0 fully saturated rings. The summed E-state index contributed by atoms with van der Waals surface area (Å²) in [5.74, 6) is 0. The molecule has 0 saturated carbocycles. The van der Waals surface area contributed by atoms with Gasteiger partial charge in [-0.2, -0.15) is 5.26 Å². The van der Waals surface area contributed by atoms with Gasteiger partial charge in [0.05, 0.1) is 17.2 Å². The van der Waals surface area contributed by atoms with Crippen molar-refractivity contribution in [2.24, 2.45) is 0 Å². The molecule has 3 nitrogen and oxygen atoms in total. The molecule has 0 aliphatic carbocycles. The fourth-order valence-electron chi connectivity index (χ4n) is 2.00. The van der Waals surface area contributed by atoms with Gasteiger partial charge in [-0.25, -0.2) is 4.79 Å². The molecule has 0 radical (unpaired) electrons. The summed E-state index contributed by atoms with van der Waals surface area (Å²) in [5, 5.41) is 9.63. The number of fused-ring (bicyclic) bond motifs is 1. The van der Waals surface area contributed by atoms with Crippen LogP contribution >= 0.6 is 0 Å². The second kappa shape index (κ2) is 4.43. The van der Waals surface area contributed by atoms with Crippen molar-refractivity contribution >= 4 is 11.0 Å². The standard InChI is InChI=1S/C16H9NO2/c17-10-11-6-7-13-9-14(12-4-2-1-3-5-12)16(18)19-15(13)8-11/h1-9H. The Morgan fingerprint density at radius 1 is 1.00 bits per heavy atom. The highest BCUT2D eigenvalue weighted by atomic mass is 16.4. The van der Waals surface area contributed by atoms with Gasteiger partial charge >= 0.3 is 5.63 Å². The van der Waals surface area contributed by atoms with Gasteiger partial charge < -0.3 is 4.42 Å². The van der Waals surface area contributed by atoms with Gasteiger partial charge in [0.2, 0.25) is 0 Å². The Morgan fingerprint density at radius 2 is 1.79 bits per heavy atom. The molecule has 3 aromatic rings. The Hall–Kier alpha value is -2.86. The van der Waals surface area contributed by atoms with Crippen LogP contribution in [0, 0.1) is 11.3 Å². The highest BCUT2D eigenvalue weighted by Gasteiger charge is 2.07. The van der Waals surface area contributed by atoms with Crippen molar-refractivity contribution in [1.82, 2.24) is 0 Å². The minimum Gasteiger partial charge on any atom is -0.422 e. The van der Waals surface area contributed by atoms with Crippen LogP contribution in [0.2, 0.25) is 0 Å². The molecular weight excluding hydrogens is 238 g/mol. The predicted molar refractivity (Wildman–Crippen MR) is 72.6 cm³/mol. The van der Waals surface area contributed by atoms with Crippen molar-refractivity contribution in [3.8, 4) is 17.2 Å². The van der Waals surface area contributed by atoms with Crippen molar-refractivity contribution < 1.29 is 4.42 Å². The number of hydrogen-bond donors (Lipinski definition) is 0. The van der Waals surface area contributed by atoms with Crippen LogP contribution in [0.15, 0.2) is 63.8 Å². The van der Waals surface area contributed by atoms with Crippen LogP contribution in [-0.4, -0.2) is 0 Å². The van der Waals surface area contributed by atoms with Gasteiger partial charge in [-0.05, 0) is 29.8 Å². The minimum atomic E-state index is -0.395. The Kier molecular flexibility index (Phi) is 2.62. The van der Waals surface area contributed by atoms with E-state index in [0.717, 1.165) is 10.9 Å². The van der Waals surface area contributed by atoms with E-state index in [4.69, 9.17) is 9.68 Å². The number of benzene rings is 2. The first-order valence-electron chi connectivity index (χ1n) is 5.81. The lowest BCUT2D eigenvalue weighted by Gasteiger charge is -2.02. The topological polar surface area (TPSA) is 54.0 Å². The van der Waals surface area contributed by atoms with Crippen LogP contribution in [0.1, 0.15) is 5.56 Å². The number of nitriles is 1. The fourth-order valence-corrected chi connectivity index (χ4v) is 2.00. The van der Waals surface area contributed by atoms with Crippen molar-refractivity contribution in [3.63, 3.8) is 0 Å². The number of rotatable bonds is 1. The zero-order valence-corrected chi connectivity index (χ0v) is 9.96. The number of hydrogen-bond acceptors (Lipinski definition) is 3. The van der Waals surface area contributed by atoms with Crippen LogP contribution < -0.4 is 5.63 Å². The van der Waals surface area contributed by atoms with E-state index in [9.17, 15) is 4.79 Å². The summed E-state index contributed by atoms with van der Waals surface area (Å²) >= 11 is 0. The molecule has 0 N–H and O–H groups in total. The maximum atomic E-state index is 12.0. The molecule has 0 aliphatic rings. The van der Waals surface area contributed by atoms with Gasteiger partial charge in [-0.15, -0.1) is 0 Å². The predicted octanol–water partition coefficient (Wildman–Crippen LogP) is 3.33. The molecule has 0 aliphatic heterocycles. The Balaban J connectivity index is 2.27. The molecule has 0 atom stereocenters. The van der Waals surface area contributed by atoms with E-state index >= 15 is 0 Å². The largest absolute Gasteiger partial charge is 0.422 e. The molecule has 1 aromatic heterocycles. The zero-order chi connectivity index (χ0) is 13.2. The second-order valence-electron chi connectivity index (χ2n) is 4.18. The van der Waals surface area contributed by atoms with Crippen LogP contribution in [0.25, 0.3) is 22.1 Å². The summed E-state index contributed by atoms with van der Waals surface area (Å²) in [6.45, 7) is 0. The molecule has 90 valence electrons. The van der Waals surface area contributed by atoms with Gasteiger partial charge in [0.1, 0.15) is 5.58 Å². The van der Waals surface area contributed by atoms with Gasteiger partial charge in [0, 0.05) is 5.39 Å². The summed E-state index contributed by atoms with van der Waals surface area (Å²) in [5.41, 5.74) is 1.86. The Morgan fingerprint density at radius 3 is 2.53 bits per heavy atom. The lowest BCUT2D eigenvalue weighted by molar-refractivity contribution is 0.563. The molecular formula is C16H9NO2. The highest BCUT2D eigenvalue weighted by molar-refractivity contribution is 5.82. The van der Waals surface area contributed by atoms with Crippen molar-refractivity contribution in [2.75, 3.05) is 0 Å². The first kappa shape index (κ1) is 11.2. The third-order valence-electron chi connectivity index (χ3n) is 2.95. The third kappa shape index (κ3) is 2.00. The Bertz CT molecular complexity index is 842. The second-order valence-corrected chi connectivity index (χ2v) is 4.18. The zero-order valence-electron chi connectivity index (χ0n) is 9.96. The average molecular weight is 247 g/mol. The third-order valence-corrected chi connectivity index (χ3v) is 2.95. The van der Waals surface area contributed by atoms with Crippen LogP contribution in [-0.2, 0) is 0 Å². The van der Waals surface area contributed by atoms with E-state index < -0.39 is 5.63 Å². The van der Waals surface area contributed by atoms with Gasteiger partial charge in [0.15, 0.2) is 0 Å². The van der Waals surface area contributed by atoms with E-state index in [1.165, 1.54) is 0 Å². The summed E-state index contributed by atoms with van der Waals surface area (Å²) in [6, 6.07) is 18.2. The highest BCUT2D eigenvalue weighted by Crippen LogP contribution is 2.21. The summed E-state index contributed by atoms with van der Waals surface area (Å²) in [7, 11) is 0. The summed E-state index contributed by atoms with van der Waals surface area (Å²) < 4.78 is 5.28. The lowest BCUT2D eigenvalue weighted by atomic mass is 10.1. The van der Waals surface area contributed by atoms with E-state index in [1.807, 2.05) is 36.4 Å². The quantitative estimate of drug-likeness (QED) is 0.620. The van der Waals surface area contributed by atoms with Gasteiger partial charge in [-0.3, -0.25) is 0 Å². The van der Waals surface area contributed by atoms with Gasteiger partial charge in [0.25, 0.3) is 0 Å². The molecule has 2 aromatic carbocycles. The SMILES string of the molecule is N#Cc1ccc2cc(-c3ccccc3)c(=O)oc2c1. The Labute approximate surface area is 109 Å². The molecule has 0 spiro atoms. The summed E-state index contributed by atoms with van der Waals surface area (Å²) in [4.78, 5) is 12.0. The van der Waals surface area contributed by atoms with Crippen molar-refractivity contribution in [2.45, 2.75) is 0 Å².